The Balaban J connectivity index is 1.63. The first-order chi connectivity index (χ1) is 23.3. The second-order valence-electron chi connectivity index (χ2n) is 11.5. The van der Waals surface area contributed by atoms with E-state index in [0.717, 1.165) is 22.1 Å². The Labute approximate surface area is 281 Å². The van der Waals surface area contributed by atoms with Crippen LogP contribution in [-0.4, -0.2) is 58.9 Å². The highest BCUT2D eigenvalue weighted by Gasteiger charge is 2.51. The Kier molecular flexibility index (Phi) is 11.7. The zero-order chi connectivity index (χ0) is 35.7. The molecule has 0 radical (unpaired) electrons. The van der Waals surface area contributed by atoms with Gasteiger partial charge in [0.05, 0.1) is 18.8 Å². The van der Waals surface area contributed by atoms with Gasteiger partial charge in [-0.15, -0.1) is 0 Å². The first-order valence-electron chi connectivity index (χ1n) is 15.5. The summed E-state index contributed by atoms with van der Waals surface area (Å²) in [6.45, 7) is 3.73. The fourth-order valence-electron chi connectivity index (χ4n) is 5.10. The van der Waals surface area contributed by atoms with Gasteiger partial charge in [-0.2, -0.15) is 8.78 Å². The van der Waals surface area contributed by atoms with Crippen LogP contribution in [0, 0.1) is 12.8 Å². The quantitative estimate of drug-likeness (QED) is 0.194. The molecule has 2 aromatic heterocycles. The van der Waals surface area contributed by atoms with Crippen molar-refractivity contribution < 1.29 is 32.7 Å². The van der Waals surface area contributed by atoms with E-state index in [2.05, 4.69) is 15.6 Å². The highest BCUT2D eigenvalue weighted by molar-refractivity contribution is 6.10. The van der Waals surface area contributed by atoms with Gasteiger partial charge in [0, 0.05) is 12.2 Å². The smallest absolute Gasteiger partial charge is 0.420 e. The molecule has 4 aromatic rings. The minimum Gasteiger partial charge on any atom is -0.452 e. The summed E-state index contributed by atoms with van der Waals surface area (Å²) < 4.78 is 36.4. The maximum absolute atomic E-state index is 15.2. The number of methoxy groups -OCH3 is 1. The molecular formula is C36H37F2N5O6. The third-order valence-electron chi connectivity index (χ3n) is 7.63. The van der Waals surface area contributed by atoms with E-state index in [1.165, 1.54) is 32.0 Å². The molecule has 11 nitrogen and oxygen atoms in total. The van der Waals surface area contributed by atoms with E-state index in [-0.39, 0.29) is 30.2 Å². The third-order valence-corrected chi connectivity index (χ3v) is 7.63. The number of halogens is 2. The number of carbonyl (C=O) groups is 4. The molecule has 0 aliphatic heterocycles. The number of aromatic nitrogens is 2. The highest BCUT2D eigenvalue weighted by Crippen LogP contribution is 2.26. The molecule has 2 aromatic carbocycles. The van der Waals surface area contributed by atoms with E-state index in [0.29, 0.717) is 11.3 Å². The Morgan fingerprint density at radius 1 is 0.918 bits per heavy atom. The van der Waals surface area contributed by atoms with Gasteiger partial charge in [0.15, 0.2) is 0 Å². The van der Waals surface area contributed by atoms with Crippen LogP contribution in [0.25, 0.3) is 11.3 Å². The lowest BCUT2D eigenvalue weighted by atomic mass is 9.95. The van der Waals surface area contributed by atoms with Gasteiger partial charge in [0.25, 0.3) is 11.5 Å². The molecular weight excluding hydrogens is 636 g/mol. The van der Waals surface area contributed by atoms with Crippen LogP contribution in [0.1, 0.15) is 25.1 Å². The second-order valence-corrected chi connectivity index (χ2v) is 11.5. The van der Waals surface area contributed by atoms with Gasteiger partial charge in [-0.1, -0.05) is 80.6 Å². The predicted molar refractivity (Wildman–Crippen MR) is 180 cm³/mol. The molecule has 1 atom stereocenters. The predicted octanol–water partition coefficient (Wildman–Crippen LogP) is 4.83. The number of pyridine rings is 2. The summed E-state index contributed by atoms with van der Waals surface area (Å²) >= 11 is 0. The first-order valence-corrected chi connectivity index (χ1v) is 15.5. The summed E-state index contributed by atoms with van der Waals surface area (Å²) in [6.07, 6.45) is -0.653. The Morgan fingerprint density at radius 3 is 2.18 bits per heavy atom. The largest absolute Gasteiger partial charge is 0.452 e. The van der Waals surface area contributed by atoms with Crippen molar-refractivity contribution in [1.82, 2.24) is 20.2 Å². The maximum atomic E-state index is 15.2. The van der Waals surface area contributed by atoms with Gasteiger partial charge in [0.1, 0.15) is 18.1 Å². The maximum Gasteiger partial charge on any atom is 0.420 e. The first kappa shape index (κ1) is 36.1. The molecule has 3 amide bonds. The van der Waals surface area contributed by atoms with Crippen molar-refractivity contribution in [3.05, 3.63) is 113 Å². The number of carbonyl (C=O) groups excluding carboxylic acids is 4. The number of alkyl halides is 2. The molecule has 0 saturated carbocycles. The summed E-state index contributed by atoms with van der Waals surface area (Å²) in [7, 11) is 1.14. The number of Topliss-reactive ketones (excluding diaryl/α,β-unsaturated/α-hetero) is 1. The van der Waals surface area contributed by atoms with Crippen LogP contribution >= 0.6 is 0 Å². The number of ketones is 1. The number of ether oxygens (including phenoxy) is 1. The van der Waals surface area contributed by atoms with Gasteiger partial charge in [-0.05, 0) is 54.7 Å². The van der Waals surface area contributed by atoms with Crippen molar-refractivity contribution in [2.24, 2.45) is 5.92 Å². The lowest BCUT2D eigenvalue weighted by molar-refractivity contribution is -0.161. The number of aryl methyl sites for hydroxylation is 1. The van der Waals surface area contributed by atoms with Crippen LogP contribution in [-0.2, 0) is 32.1 Å². The van der Waals surface area contributed by atoms with Crippen molar-refractivity contribution >= 4 is 35.2 Å². The second kappa shape index (κ2) is 15.9. The van der Waals surface area contributed by atoms with Crippen molar-refractivity contribution in [3.8, 4) is 11.3 Å². The Hall–Kier alpha value is -5.72. The molecule has 0 fully saturated rings. The molecule has 256 valence electrons. The Morgan fingerprint density at radius 2 is 1.57 bits per heavy atom. The normalized spacial score (nSPS) is 11.8. The zero-order valence-electron chi connectivity index (χ0n) is 27.5. The van der Waals surface area contributed by atoms with Crippen LogP contribution < -0.4 is 21.1 Å². The summed E-state index contributed by atoms with van der Waals surface area (Å²) in [4.78, 5) is 71.4. The highest BCUT2D eigenvalue weighted by atomic mass is 19.3. The molecule has 0 bridgehead atoms. The van der Waals surface area contributed by atoms with Crippen LogP contribution in [0.4, 0.5) is 25.1 Å². The van der Waals surface area contributed by atoms with E-state index >= 15 is 8.78 Å². The van der Waals surface area contributed by atoms with Crippen molar-refractivity contribution in [3.63, 3.8) is 0 Å². The van der Waals surface area contributed by atoms with Gasteiger partial charge in [-0.3, -0.25) is 23.7 Å². The topological polar surface area (TPSA) is 140 Å². The lowest BCUT2D eigenvalue weighted by Gasteiger charge is -2.26. The summed E-state index contributed by atoms with van der Waals surface area (Å²) in [5.41, 5.74) is 1.16. The molecule has 2 heterocycles. The molecule has 2 N–H and O–H groups in total. The van der Waals surface area contributed by atoms with Gasteiger partial charge in [-0.25, -0.2) is 14.7 Å². The minimum atomic E-state index is -4.45. The van der Waals surface area contributed by atoms with Crippen molar-refractivity contribution in [2.75, 3.05) is 18.6 Å². The number of rotatable bonds is 13. The monoisotopic (exact) mass is 673 g/mol. The SMILES string of the molecule is COC(=O)N(c1cccc(C)n1)c1ccc(-c2ccccc2)n(CC(=O)NC(C(=O)C(F)(F)C(=O)NCCc2ccccc2)C(C)C)c1=O. The third kappa shape index (κ3) is 8.61. The van der Waals surface area contributed by atoms with E-state index in [4.69, 9.17) is 4.74 Å². The standard InChI is InChI=1S/C36H37F2N5O6/c1-23(2)31(32(45)36(37,38)34(47)39-21-20-25-13-7-5-8-14-25)41-30(44)22-42-27(26-15-9-6-10-16-26)18-19-28(33(42)46)43(35(48)49-4)29-17-11-12-24(3)40-29/h5-19,23,31H,20-22H2,1-4H3,(H,39,47)(H,41,44). The van der Waals surface area contributed by atoms with E-state index in [1.54, 1.807) is 79.7 Å². The summed E-state index contributed by atoms with van der Waals surface area (Å²) in [5.74, 6) is -9.74. The number of amides is 3. The molecule has 49 heavy (non-hydrogen) atoms. The van der Waals surface area contributed by atoms with E-state index in [1.807, 2.05) is 0 Å². The van der Waals surface area contributed by atoms with Crippen LogP contribution in [0.5, 0.6) is 0 Å². The molecule has 1 unspecified atom stereocenters. The van der Waals surface area contributed by atoms with Gasteiger partial charge in [0.2, 0.25) is 11.7 Å². The molecule has 0 saturated heterocycles. The lowest BCUT2D eigenvalue weighted by Crippen LogP contribution is -2.57. The fourth-order valence-corrected chi connectivity index (χ4v) is 5.10. The number of hydrogen-bond donors (Lipinski definition) is 2. The van der Waals surface area contributed by atoms with Crippen LogP contribution in [0.2, 0.25) is 0 Å². The van der Waals surface area contributed by atoms with Crippen LogP contribution in [0.15, 0.2) is 95.8 Å². The van der Waals surface area contributed by atoms with E-state index < -0.39 is 53.7 Å². The number of anilines is 2. The molecule has 4 rings (SSSR count). The molecule has 0 spiro atoms. The van der Waals surface area contributed by atoms with E-state index in [9.17, 15) is 24.0 Å². The van der Waals surface area contributed by atoms with Crippen LogP contribution in [0.3, 0.4) is 0 Å². The number of hydrogen-bond acceptors (Lipinski definition) is 7. The molecule has 13 heteroatoms. The number of benzene rings is 2. The molecule has 0 aliphatic carbocycles. The average molecular weight is 674 g/mol. The van der Waals surface area contributed by atoms with Gasteiger partial charge < -0.3 is 15.4 Å². The summed E-state index contributed by atoms with van der Waals surface area (Å²) in [5, 5.41) is 4.41. The van der Waals surface area contributed by atoms with Gasteiger partial charge >= 0.3 is 12.0 Å². The average Bonchev–Trinajstić information content (AvgIpc) is 3.09. The molecule has 0 aliphatic rings. The number of nitrogens with zero attached hydrogens (tertiary/aromatic N) is 3. The van der Waals surface area contributed by atoms with Crippen molar-refractivity contribution in [1.29, 1.82) is 0 Å². The zero-order valence-corrected chi connectivity index (χ0v) is 27.5. The minimum absolute atomic E-state index is 0.0853. The fraction of sp³-hybridized carbons (Fsp3) is 0.278. The van der Waals surface area contributed by atoms with Crippen molar-refractivity contribution in [2.45, 2.75) is 45.7 Å². The Bertz CT molecular complexity index is 1860. The summed E-state index contributed by atoms with van der Waals surface area (Å²) in [6, 6.07) is 23.4. The number of nitrogens with one attached hydrogen (secondary N) is 2.